The zero-order valence-corrected chi connectivity index (χ0v) is 10.8. The van der Waals surface area contributed by atoms with Gasteiger partial charge in [0.2, 0.25) is 0 Å². The number of rotatable bonds is 2. The van der Waals surface area contributed by atoms with E-state index in [1.807, 2.05) is 0 Å². The lowest BCUT2D eigenvalue weighted by molar-refractivity contribution is 0.101. The highest BCUT2D eigenvalue weighted by Crippen LogP contribution is 2.23. The minimum atomic E-state index is 0.657. The summed E-state index contributed by atoms with van der Waals surface area (Å²) >= 11 is 0. The molecular formula is C15H22N2O. The molecule has 1 aromatic carbocycles. The second-order valence-electron chi connectivity index (χ2n) is 5.35. The van der Waals surface area contributed by atoms with E-state index in [2.05, 4.69) is 40.5 Å². The van der Waals surface area contributed by atoms with Gasteiger partial charge in [0.05, 0.1) is 13.2 Å². The smallest absolute Gasteiger partial charge is 0.0593 e. The van der Waals surface area contributed by atoms with Crippen molar-refractivity contribution in [1.82, 2.24) is 10.2 Å². The Morgan fingerprint density at radius 2 is 2.17 bits per heavy atom. The van der Waals surface area contributed by atoms with E-state index in [1.54, 1.807) is 0 Å². The molecule has 2 atom stereocenters. The van der Waals surface area contributed by atoms with E-state index in [-0.39, 0.29) is 0 Å². The Bertz CT molecular complexity index is 368. The third-order valence-electron chi connectivity index (χ3n) is 4.12. The van der Waals surface area contributed by atoms with Gasteiger partial charge in [-0.1, -0.05) is 30.3 Å². The highest BCUT2D eigenvalue weighted by atomic mass is 16.5. The molecule has 3 nitrogen and oxygen atoms in total. The van der Waals surface area contributed by atoms with Crippen LogP contribution in [0.15, 0.2) is 30.3 Å². The highest BCUT2D eigenvalue weighted by molar-refractivity contribution is 5.14. The van der Waals surface area contributed by atoms with E-state index < -0.39 is 0 Å². The van der Waals surface area contributed by atoms with Gasteiger partial charge in [0.1, 0.15) is 0 Å². The molecule has 18 heavy (non-hydrogen) atoms. The number of nitrogens with one attached hydrogen (secondary N) is 1. The second kappa shape index (κ2) is 5.83. The predicted molar refractivity (Wildman–Crippen MR) is 72.4 cm³/mol. The quantitative estimate of drug-likeness (QED) is 0.856. The topological polar surface area (TPSA) is 24.5 Å². The van der Waals surface area contributed by atoms with E-state index in [1.165, 1.54) is 12.0 Å². The van der Waals surface area contributed by atoms with Crippen molar-refractivity contribution in [3.05, 3.63) is 35.9 Å². The fraction of sp³-hybridized carbons (Fsp3) is 0.600. The van der Waals surface area contributed by atoms with Crippen LogP contribution in [0.2, 0.25) is 0 Å². The molecule has 2 saturated heterocycles. The summed E-state index contributed by atoms with van der Waals surface area (Å²) in [5, 5.41) is 3.49. The van der Waals surface area contributed by atoms with E-state index >= 15 is 0 Å². The molecular weight excluding hydrogens is 224 g/mol. The van der Waals surface area contributed by atoms with Crippen LogP contribution in [0.5, 0.6) is 0 Å². The molecule has 0 amide bonds. The van der Waals surface area contributed by atoms with Gasteiger partial charge in [0.15, 0.2) is 0 Å². The van der Waals surface area contributed by atoms with Crippen molar-refractivity contribution in [1.29, 1.82) is 0 Å². The zero-order valence-electron chi connectivity index (χ0n) is 10.8. The molecule has 2 fully saturated rings. The number of hydrogen-bond acceptors (Lipinski definition) is 3. The third-order valence-corrected chi connectivity index (χ3v) is 4.12. The number of fused-ring (bicyclic) bond motifs is 1. The van der Waals surface area contributed by atoms with E-state index in [4.69, 9.17) is 4.74 Å². The van der Waals surface area contributed by atoms with Crippen LogP contribution in [-0.4, -0.2) is 43.8 Å². The molecule has 1 aromatic rings. The average molecular weight is 246 g/mol. The van der Waals surface area contributed by atoms with Gasteiger partial charge in [-0.3, -0.25) is 4.90 Å². The van der Waals surface area contributed by atoms with Crippen molar-refractivity contribution in [2.24, 2.45) is 5.92 Å². The zero-order chi connectivity index (χ0) is 12.2. The number of piperidine rings is 1. The molecule has 2 unspecified atom stereocenters. The Balaban J connectivity index is 1.72. The lowest BCUT2D eigenvalue weighted by Crippen LogP contribution is -2.49. The molecule has 0 aliphatic carbocycles. The van der Waals surface area contributed by atoms with Crippen LogP contribution in [0.4, 0.5) is 0 Å². The molecule has 0 bridgehead atoms. The molecule has 2 heterocycles. The second-order valence-corrected chi connectivity index (χ2v) is 5.35. The van der Waals surface area contributed by atoms with Gasteiger partial charge in [0.25, 0.3) is 0 Å². The summed E-state index contributed by atoms with van der Waals surface area (Å²) in [5.74, 6) is 0.657. The Kier molecular flexibility index (Phi) is 3.93. The van der Waals surface area contributed by atoms with Crippen molar-refractivity contribution >= 4 is 0 Å². The van der Waals surface area contributed by atoms with Gasteiger partial charge < -0.3 is 10.1 Å². The lowest BCUT2D eigenvalue weighted by Gasteiger charge is -2.37. The first-order chi connectivity index (χ1) is 8.93. The Hall–Kier alpha value is -0.900. The number of ether oxygens (including phenoxy) is 1. The van der Waals surface area contributed by atoms with Gasteiger partial charge in [-0.15, -0.1) is 0 Å². The maximum atomic E-state index is 5.75. The normalized spacial score (nSPS) is 29.6. The molecule has 98 valence electrons. The SMILES string of the molecule is c1ccc(CN2CCOCC3CNCCC32)cc1. The molecule has 0 saturated carbocycles. The summed E-state index contributed by atoms with van der Waals surface area (Å²) in [4.78, 5) is 2.62. The maximum absolute atomic E-state index is 5.75. The lowest BCUT2D eigenvalue weighted by atomic mass is 9.92. The van der Waals surface area contributed by atoms with Crippen molar-refractivity contribution < 1.29 is 4.74 Å². The summed E-state index contributed by atoms with van der Waals surface area (Å²) in [6.07, 6.45) is 1.25. The van der Waals surface area contributed by atoms with Gasteiger partial charge in [-0.2, -0.15) is 0 Å². The molecule has 2 aliphatic rings. The fourth-order valence-electron chi connectivity index (χ4n) is 3.16. The predicted octanol–water partition coefficient (Wildman–Crippen LogP) is 1.50. The van der Waals surface area contributed by atoms with Crippen LogP contribution in [0.3, 0.4) is 0 Å². The molecule has 3 rings (SSSR count). The third kappa shape index (κ3) is 2.74. The first kappa shape index (κ1) is 12.2. The van der Waals surface area contributed by atoms with Gasteiger partial charge >= 0.3 is 0 Å². The summed E-state index contributed by atoms with van der Waals surface area (Å²) in [5.41, 5.74) is 1.41. The van der Waals surface area contributed by atoms with E-state index in [0.717, 1.165) is 39.4 Å². The summed E-state index contributed by atoms with van der Waals surface area (Å²) < 4.78 is 5.75. The van der Waals surface area contributed by atoms with Crippen molar-refractivity contribution in [3.8, 4) is 0 Å². The molecule has 0 radical (unpaired) electrons. The minimum Gasteiger partial charge on any atom is -0.380 e. The van der Waals surface area contributed by atoms with Crippen molar-refractivity contribution in [2.75, 3.05) is 32.8 Å². The standard InChI is InChI=1S/C15H22N2O/c1-2-4-13(5-3-1)11-17-8-9-18-12-14-10-16-7-6-15(14)17/h1-5,14-16H,6-12H2. The average Bonchev–Trinajstić information content (AvgIpc) is 2.63. The van der Waals surface area contributed by atoms with Crippen molar-refractivity contribution in [2.45, 2.75) is 19.0 Å². The Morgan fingerprint density at radius 3 is 3.06 bits per heavy atom. The van der Waals surface area contributed by atoms with Gasteiger partial charge in [-0.25, -0.2) is 0 Å². The monoisotopic (exact) mass is 246 g/mol. The van der Waals surface area contributed by atoms with Crippen LogP contribution in [0.1, 0.15) is 12.0 Å². The molecule has 2 aliphatic heterocycles. The molecule has 0 aromatic heterocycles. The van der Waals surface area contributed by atoms with Crippen LogP contribution < -0.4 is 5.32 Å². The molecule has 1 N–H and O–H groups in total. The highest BCUT2D eigenvalue weighted by Gasteiger charge is 2.32. The Labute approximate surface area is 109 Å². The maximum Gasteiger partial charge on any atom is 0.0593 e. The number of benzene rings is 1. The van der Waals surface area contributed by atoms with Gasteiger partial charge in [0, 0.05) is 31.6 Å². The van der Waals surface area contributed by atoms with Crippen molar-refractivity contribution in [3.63, 3.8) is 0 Å². The van der Waals surface area contributed by atoms with Crippen LogP contribution in [0, 0.1) is 5.92 Å². The van der Waals surface area contributed by atoms with E-state index in [0.29, 0.717) is 12.0 Å². The number of nitrogens with zero attached hydrogens (tertiary/aromatic N) is 1. The summed E-state index contributed by atoms with van der Waals surface area (Å²) in [6.45, 7) is 6.17. The molecule has 3 heteroatoms. The van der Waals surface area contributed by atoms with E-state index in [9.17, 15) is 0 Å². The number of hydrogen-bond donors (Lipinski definition) is 1. The Morgan fingerprint density at radius 1 is 1.28 bits per heavy atom. The van der Waals surface area contributed by atoms with Crippen LogP contribution in [-0.2, 0) is 11.3 Å². The fourth-order valence-corrected chi connectivity index (χ4v) is 3.16. The minimum absolute atomic E-state index is 0.657. The first-order valence-electron chi connectivity index (χ1n) is 7.00. The molecule has 0 spiro atoms. The summed E-state index contributed by atoms with van der Waals surface area (Å²) in [7, 11) is 0. The largest absolute Gasteiger partial charge is 0.380 e. The van der Waals surface area contributed by atoms with Crippen LogP contribution >= 0.6 is 0 Å². The van der Waals surface area contributed by atoms with Crippen LogP contribution in [0.25, 0.3) is 0 Å². The van der Waals surface area contributed by atoms with Gasteiger partial charge in [-0.05, 0) is 18.5 Å². The summed E-state index contributed by atoms with van der Waals surface area (Å²) in [6, 6.07) is 11.5. The first-order valence-corrected chi connectivity index (χ1v) is 7.00.